The van der Waals surface area contributed by atoms with Crippen LogP contribution in [-0.2, 0) is 21.3 Å². The molecule has 164 valence electrons. The number of nitrogens with zero attached hydrogens (tertiary/aromatic N) is 1. The first-order chi connectivity index (χ1) is 14.5. The molecule has 1 N–H and O–H groups in total. The third kappa shape index (κ3) is 7.27. The second-order valence-electron chi connectivity index (χ2n) is 7.95. The molecule has 1 heterocycles. The maximum Gasteiger partial charge on any atom is 0.232 e. The van der Waals surface area contributed by atoms with Gasteiger partial charge in [-0.2, -0.15) is 11.8 Å². The van der Waals surface area contributed by atoms with Crippen molar-refractivity contribution in [1.29, 1.82) is 0 Å². The van der Waals surface area contributed by atoms with Gasteiger partial charge in [0.1, 0.15) is 11.5 Å². The van der Waals surface area contributed by atoms with Gasteiger partial charge in [0.05, 0.1) is 11.4 Å². The summed E-state index contributed by atoms with van der Waals surface area (Å²) in [4.78, 5) is 16.6. The van der Waals surface area contributed by atoms with Crippen LogP contribution in [0.15, 0.2) is 28.7 Å². The number of amides is 1. The van der Waals surface area contributed by atoms with Gasteiger partial charge in [0.15, 0.2) is 0 Å². The van der Waals surface area contributed by atoms with Crippen molar-refractivity contribution >= 4 is 28.5 Å². The monoisotopic (exact) mass is 448 g/mol. The highest BCUT2D eigenvalue weighted by molar-refractivity contribution is 7.99. The molecule has 0 radical (unpaired) electrons. The van der Waals surface area contributed by atoms with Crippen molar-refractivity contribution in [1.82, 2.24) is 10.3 Å². The standard InChI is InChI=1S/C23H32N2O3S2/c1-17-9-11-19(12-10-17)23-25-21(18(2)28-23)15-30(27)16-22(26)24-13-6-14-29-20-7-4-3-5-8-20/h9-12,20H,3-8,13-16H2,1-2H3,(H,24,26)/t30-/m0/s1. The predicted octanol–water partition coefficient (Wildman–Crippen LogP) is 4.78. The molecule has 0 unspecified atom stereocenters. The predicted molar refractivity (Wildman–Crippen MR) is 125 cm³/mol. The summed E-state index contributed by atoms with van der Waals surface area (Å²) in [6.45, 7) is 4.50. The average Bonchev–Trinajstić information content (AvgIpc) is 3.09. The van der Waals surface area contributed by atoms with Gasteiger partial charge in [-0.25, -0.2) is 4.98 Å². The van der Waals surface area contributed by atoms with Crippen LogP contribution < -0.4 is 5.32 Å². The number of benzene rings is 1. The third-order valence-electron chi connectivity index (χ3n) is 5.33. The van der Waals surface area contributed by atoms with E-state index in [0.717, 1.165) is 23.0 Å². The van der Waals surface area contributed by atoms with E-state index in [0.29, 0.717) is 23.9 Å². The van der Waals surface area contributed by atoms with Crippen molar-refractivity contribution in [2.75, 3.05) is 18.1 Å². The number of aryl methyl sites for hydroxylation is 2. The van der Waals surface area contributed by atoms with E-state index in [1.807, 2.05) is 49.9 Å². The quantitative estimate of drug-likeness (QED) is 0.530. The van der Waals surface area contributed by atoms with Crippen LogP contribution in [0.3, 0.4) is 0 Å². The Morgan fingerprint density at radius 2 is 1.93 bits per heavy atom. The Morgan fingerprint density at radius 1 is 1.20 bits per heavy atom. The van der Waals surface area contributed by atoms with Crippen LogP contribution in [0, 0.1) is 13.8 Å². The van der Waals surface area contributed by atoms with Gasteiger partial charge in [-0.05, 0) is 51.0 Å². The molecule has 1 aliphatic rings. The summed E-state index contributed by atoms with van der Waals surface area (Å²) < 4.78 is 18.2. The molecule has 1 aliphatic carbocycles. The largest absolute Gasteiger partial charge is 0.441 e. The molecule has 1 aromatic carbocycles. The number of aromatic nitrogens is 1. The number of hydrogen-bond donors (Lipinski definition) is 1. The maximum atomic E-state index is 12.4. The van der Waals surface area contributed by atoms with Crippen LogP contribution >= 0.6 is 11.8 Å². The van der Waals surface area contributed by atoms with Crippen LogP contribution in [0.1, 0.15) is 55.5 Å². The molecule has 5 nitrogen and oxygen atoms in total. The van der Waals surface area contributed by atoms with Crippen LogP contribution in [-0.4, -0.2) is 38.4 Å². The first-order valence-electron chi connectivity index (χ1n) is 10.8. The van der Waals surface area contributed by atoms with E-state index < -0.39 is 10.8 Å². The Labute approximate surface area is 186 Å². The molecule has 1 saturated carbocycles. The van der Waals surface area contributed by atoms with Gasteiger partial charge in [0.25, 0.3) is 0 Å². The van der Waals surface area contributed by atoms with E-state index in [1.54, 1.807) is 0 Å². The summed E-state index contributed by atoms with van der Waals surface area (Å²) in [5.74, 6) is 2.33. The highest BCUT2D eigenvalue weighted by atomic mass is 32.2. The molecule has 1 aromatic heterocycles. The van der Waals surface area contributed by atoms with E-state index in [-0.39, 0.29) is 17.4 Å². The summed E-state index contributed by atoms with van der Waals surface area (Å²) in [5, 5.41) is 3.70. The maximum absolute atomic E-state index is 12.4. The average molecular weight is 449 g/mol. The molecule has 3 rings (SSSR count). The minimum Gasteiger partial charge on any atom is -0.441 e. The smallest absolute Gasteiger partial charge is 0.232 e. The van der Waals surface area contributed by atoms with Crippen molar-refractivity contribution in [2.45, 2.75) is 63.4 Å². The van der Waals surface area contributed by atoms with Crippen molar-refractivity contribution in [3.05, 3.63) is 41.3 Å². The van der Waals surface area contributed by atoms with Gasteiger partial charge in [-0.15, -0.1) is 0 Å². The van der Waals surface area contributed by atoms with Crippen molar-refractivity contribution < 1.29 is 13.4 Å². The number of oxazole rings is 1. The second-order valence-corrected chi connectivity index (χ2v) is 10.8. The molecule has 0 spiro atoms. The molecule has 0 aliphatic heterocycles. The first-order valence-corrected chi connectivity index (χ1v) is 13.3. The highest BCUT2D eigenvalue weighted by Gasteiger charge is 2.16. The SMILES string of the molecule is Cc1ccc(-c2nc(C[S@](=O)CC(=O)NCCCSC3CCCCC3)c(C)o2)cc1. The number of thioether (sulfide) groups is 1. The van der Waals surface area contributed by atoms with E-state index in [9.17, 15) is 9.00 Å². The van der Waals surface area contributed by atoms with Crippen LogP contribution in [0.2, 0.25) is 0 Å². The zero-order valence-corrected chi connectivity index (χ0v) is 19.6. The Balaban J connectivity index is 1.37. The molecule has 0 bridgehead atoms. The lowest BCUT2D eigenvalue weighted by atomic mass is 10.0. The van der Waals surface area contributed by atoms with E-state index in [4.69, 9.17) is 4.42 Å². The lowest BCUT2D eigenvalue weighted by Gasteiger charge is -2.20. The molecule has 1 atom stereocenters. The van der Waals surface area contributed by atoms with Gasteiger partial charge in [-0.1, -0.05) is 37.0 Å². The molecular weight excluding hydrogens is 416 g/mol. The van der Waals surface area contributed by atoms with Gasteiger partial charge < -0.3 is 9.73 Å². The lowest BCUT2D eigenvalue weighted by molar-refractivity contribution is -0.118. The second kappa shape index (κ2) is 11.7. The molecule has 7 heteroatoms. The Hall–Kier alpha value is -1.60. The zero-order chi connectivity index (χ0) is 21.3. The van der Waals surface area contributed by atoms with Crippen molar-refractivity contribution in [2.24, 2.45) is 0 Å². The van der Waals surface area contributed by atoms with E-state index in [1.165, 1.54) is 37.7 Å². The minimum atomic E-state index is -1.31. The number of carbonyl (C=O) groups is 1. The lowest BCUT2D eigenvalue weighted by Crippen LogP contribution is -2.30. The summed E-state index contributed by atoms with van der Waals surface area (Å²) >= 11 is 2.04. The fourth-order valence-corrected chi connectivity index (χ4v) is 5.94. The highest BCUT2D eigenvalue weighted by Crippen LogP contribution is 2.28. The van der Waals surface area contributed by atoms with Gasteiger partial charge >= 0.3 is 0 Å². The number of hydrogen-bond acceptors (Lipinski definition) is 5. The van der Waals surface area contributed by atoms with Crippen LogP contribution in [0.25, 0.3) is 11.5 Å². The van der Waals surface area contributed by atoms with E-state index in [2.05, 4.69) is 10.3 Å². The van der Waals surface area contributed by atoms with E-state index >= 15 is 0 Å². The Morgan fingerprint density at radius 3 is 2.67 bits per heavy atom. The fraction of sp³-hybridized carbons (Fsp3) is 0.565. The normalized spacial score (nSPS) is 15.8. The summed E-state index contributed by atoms with van der Waals surface area (Å²) in [7, 11) is -1.31. The Kier molecular flexibility index (Phi) is 9.00. The van der Waals surface area contributed by atoms with Crippen molar-refractivity contribution in [3.63, 3.8) is 0 Å². The minimum absolute atomic E-state index is 0.00192. The molecule has 30 heavy (non-hydrogen) atoms. The Bertz CT molecular complexity index is 843. The van der Waals surface area contributed by atoms with Gasteiger partial charge in [0, 0.05) is 28.2 Å². The number of carbonyl (C=O) groups excluding carboxylic acids is 1. The number of rotatable bonds is 10. The summed E-state index contributed by atoms with van der Waals surface area (Å²) in [6.07, 6.45) is 7.73. The fourth-order valence-electron chi connectivity index (χ4n) is 3.56. The van der Waals surface area contributed by atoms with Crippen LogP contribution in [0.5, 0.6) is 0 Å². The van der Waals surface area contributed by atoms with Crippen molar-refractivity contribution in [3.8, 4) is 11.5 Å². The van der Waals surface area contributed by atoms with Gasteiger partial charge in [-0.3, -0.25) is 9.00 Å². The first kappa shape index (κ1) is 23.1. The topological polar surface area (TPSA) is 72.2 Å². The van der Waals surface area contributed by atoms with Gasteiger partial charge in [0.2, 0.25) is 11.8 Å². The number of nitrogens with one attached hydrogen (secondary N) is 1. The molecule has 1 amide bonds. The van der Waals surface area contributed by atoms with Crippen LogP contribution in [0.4, 0.5) is 0 Å². The molecule has 1 fully saturated rings. The zero-order valence-electron chi connectivity index (χ0n) is 17.9. The summed E-state index contributed by atoms with van der Waals surface area (Å²) in [6, 6.07) is 7.93. The summed E-state index contributed by atoms with van der Waals surface area (Å²) in [5.41, 5.74) is 2.71. The molecule has 0 saturated heterocycles. The molecule has 2 aromatic rings. The third-order valence-corrected chi connectivity index (χ3v) is 7.98. The molecular formula is C23H32N2O3S2.